The smallest absolute Gasteiger partial charge is 0.0723 e. The molecule has 39 heavy (non-hydrogen) atoms. The van der Waals surface area contributed by atoms with Gasteiger partial charge < -0.3 is 0 Å². The summed E-state index contributed by atoms with van der Waals surface area (Å²) in [4.78, 5) is 17.6. The summed E-state index contributed by atoms with van der Waals surface area (Å²) in [6.07, 6.45) is 15.6. The summed E-state index contributed by atoms with van der Waals surface area (Å²) < 4.78 is 0. The average molecular weight is 505 g/mol. The average Bonchev–Trinajstić information content (AvgIpc) is 2.99. The summed E-state index contributed by atoms with van der Waals surface area (Å²) in [7, 11) is 0. The molecule has 0 saturated carbocycles. The van der Waals surface area contributed by atoms with Crippen LogP contribution in [0, 0.1) is 0 Å². The largest absolute Gasteiger partial charge is 0.265 e. The Kier molecular flexibility index (Phi) is 7.26. The molecular formula is C35H28N4. The quantitative estimate of drug-likeness (QED) is 0.217. The summed E-state index contributed by atoms with van der Waals surface area (Å²) in [6, 6.07) is 32.1. The van der Waals surface area contributed by atoms with E-state index in [1.165, 1.54) is 44.5 Å². The SMILES string of the molecule is c1cncc(Cc2ccccc2-c2cccc(Cc3ccncc3-c3cc(Cc4ccncc4)ccn3)c2)c1. The highest BCUT2D eigenvalue weighted by molar-refractivity contribution is 5.69. The molecular weight excluding hydrogens is 476 g/mol. The second-order valence-electron chi connectivity index (χ2n) is 9.69. The zero-order chi connectivity index (χ0) is 26.3. The standard InChI is InChI=1S/C35H28N4/c1-2-9-33(30(7-1)22-29-6-4-14-37-24-29)31-8-3-5-27(20-31)21-32-13-17-38-25-34(32)35-23-28(12-18-39-35)19-26-10-15-36-16-11-26/h1-18,20,23-25H,19,21-22H2. The lowest BCUT2D eigenvalue weighted by atomic mass is 9.92. The van der Waals surface area contributed by atoms with Crippen molar-refractivity contribution in [2.24, 2.45) is 0 Å². The van der Waals surface area contributed by atoms with E-state index >= 15 is 0 Å². The number of hydrogen-bond donors (Lipinski definition) is 0. The molecule has 4 heteroatoms. The molecule has 0 aliphatic carbocycles. The van der Waals surface area contributed by atoms with Gasteiger partial charge in [0.1, 0.15) is 0 Å². The van der Waals surface area contributed by atoms with Crippen molar-refractivity contribution >= 4 is 0 Å². The summed E-state index contributed by atoms with van der Waals surface area (Å²) in [5.41, 5.74) is 11.9. The molecule has 0 unspecified atom stereocenters. The van der Waals surface area contributed by atoms with Gasteiger partial charge in [0.25, 0.3) is 0 Å². The van der Waals surface area contributed by atoms with E-state index in [1.54, 1.807) is 0 Å². The van der Waals surface area contributed by atoms with E-state index in [1.807, 2.05) is 49.4 Å². The van der Waals surface area contributed by atoms with Gasteiger partial charge in [-0.1, -0.05) is 54.6 Å². The molecule has 0 N–H and O–H groups in total. The molecule has 188 valence electrons. The van der Waals surface area contributed by atoms with E-state index < -0.39 is 0 Å². The fourth-order valence-corrected chi connectivity index (χ4v) is 5.02. The molecule has 0 aliphatic rings. The molecule has 0 spiro atoms. The molecule has 0 aliphatic heterocycles. The van der Waals surface area contributed by atoms with Crippen LogP contribution >= 0.6 is 0 Å². The van der Waals surface area contributed by atoms with Gasteiger partial charge in [0.2, 0.25) is 0 Å². The van der Waals surface area contributed by atoms with Crippen LogP contribution in [0.4, 0.5) is 0 Å². The first-order valence-corrected chi connectivity index (χ1v) is 13.1. The van der Waals surface area contributed by atoms with Crippen molar-refractivity contribution < 1.29 is 0 Å². The molecule has 0 saturated heterocycles. The Hall–Kier alpha value is -4.96. The molecule has 2 aromatic carbocycles. The maximum absolute atomic E-state index is 4.71. The van der Waals surface area contributed by atoms with E-state index in [-0.39, 0.29) is 0 Å². The number of pyridine rings is 4. The fraction of sp³-hybridized carbons (Fsp3) is 0.0857. The van der Waals surface area contributed by atoms with Crippen LogP contribution in [0.3, 0.4) is 0 Å². The lowest BCUT2D eigenvalue weighted by Gasteiger charge is -2.13. The van der Waals surface area contributed by atoms with Gasteiger partial charge in [-0.3, -0.25) is 19.9 Å². The second kappa shape index (κ2) is 11.6. The minimum absolute atomic E-state index is 0.798. The summed E-state index contributed by atoms with van der Waals surface area (Å²) >= 11 is 0. The van der Waals surface area contributed by atoms with Crippen LogP contribution in [0.15, 0.2) is 134 Å². The van der Waals surface area contributed by atoms with Crippen LogP contribution in [0.25, 0.3) is 22.4 Å². The van der Waals surface area contributed by atoms with Crippen LogP contribution in [0.2, 0.25) is 0 Å². The lowest BCUT2D eigenvalue weighted by molar-refractivity contribution is 1.12. The number of rotatable bonds is 8. The molecule has 4 nitrogen and oxygen atoms in total. The maximum Gasteiger partial charge on any atom is 0.0723 e. The fourth-order valence-electron chi connectivity index (χ4n) is 5.02. The van der Waals surface area contributed by atoms with Gasteiger partial charge in [0.15, 0.2) is 0 Å². The second-order valence-corrected chi connectivity index (χ2v) is 9.69. The van der Waals surface area contributed by atoms with Gasteiger partial charge in [-0.15, -0.1) is 0 Å². The molecule has 0 radical (unpaired) electrons. The van der Waals surface area contributed by atoms with E-state index in [4.69, 9.17) is 4.98 Å². The molecule has 0 atom stereocenters. The van der Waals surface area contributed by atoms with Crippen LogP contribution in [-0.2, 0) is 19.3 Å². The maximum atomic E-state index is 4.71. The number of hydrogen-bond acceptors (Lipinski definition) is 4. The van der Waals surface area contributed by atoms with Crippen LogP contribution < -0.4 is 0 Å². The van der Waals surface area contributed by atoms with Crippen molar-refractivity contribution in [1.82, 2.24) is 19.9 Å². The minimum atomic E-state index is 0.798. The summed E-state index contributed by atoms with van der Waals surface area (Å²) in [6.45, 7) is 0. The van der Waals surface area contributed by atoms with Crippen molar-refractivity contribution in [2.45, 2.75) is 19.3 Å². The first-order valence-electron chi connectivity index (χ1n) is 13.1. The van der Waals surface area contributed by atoms with Crippen molar-refractivity contribution in [1.29, 1.82) is 0 Å². The summed E-state index contributed by atoms with van der Waals surface area (Å²) in [5.74, 6) is 0. The lowest BCUT2D eigenvalue weighted by Crippen LogP contribution is -1.97. The Morgan fingerprint density at radius 3 is 2.08 bits per heavy atom. The molecule has 0 fully saturated rings. The molecule has 6 rings (SSSR count). The minimum Gasteiger partial charge on any atom is -0.265 e. The highest BCUT2D eigenvalue weighted by Gasteiger charge is 2.11. The van der Waals surface area contributed by atoms with Gasteiger partial charge in [-0.2, -0.15) is 0 Å². The van der Waals surface area contributed by atoms with Gasteiger partial charge in [-0.05, 0) is 100 Å². The van der Waals surface area contributed by atoms with Gasteiger partial charge >= 0.3 is 0 Å². The van der Waals surface area contributed by atoms with Gasteiger partial charge in [-0.25, -0.2) is 0 Å². The third-order valence-corrected chi connectivity index (χ3v) is 6.94. The third kappa shape index (κ3) is 5.97. The van der Waals surface area contributed by atoms with Crippen LogP contribution in [-0.4, -0.2) is 19.9 Å². The Bertz CT molecular complexity index is 1680. The van der Waals surface area contributed by atoms with E-state index in [9.17, 15) is 0 Å². The Labute approximate surface area is 229 Å². The predicted octanol–water partition coefficient (Wildman–Crippen LogP) is 7.37. The predicted molar refractivity (Wildman–Crippen MR) is 156 cm³/mol. The van der Waals surface area contributed by atoms with Gasteiger partial charge in [0.05, 0.1) is 5.69 Å². The first kappa shape index (κ1) is 24.4. The van der Waals surface area contributed by atoms with Crippen molar-refractivity contribution in [3.05, 3.63) is 168 Å². The molecule has 0 bridgehead atoms. The van der Waals surface area contributed by atoms with Gasteiger partial charge in [0, 0.05) is 48.9 Å². The Morgan fingerprint density at radius 2 is 1.18 bits per heavy atom. The zero-order valence-corrected chi connectivity index (χ0v) is 21.6. The molecule has 4 aromatic heterocycles. The Morgan fingerprint density at radius 1 is 0.436 bits per heavy atom. The monoisotopic (exact) mass is 504 g/mol. The number of nitrogens with zero attached hydrogens (tertiary/aromatic N) is 4. The highest BCUT2D eigenvalue weighted by atomic mass is 14.7. The number of benzene rings is 2. The molecule has 0 amide bonds. The van der Waals surface area contributed by atoms with Crippen molar-refractivity contribution in [3.8, 4) is 22.4 Å². The van der Waals surface area contributed by atoms with E-state index in [2.05, 4.69) is 99.9 Å². The van der Waals surface area contributed by atoms with Crippen LogP contribution in [0.5, 0.6) is 0 Å². The molecule has 4 heterocycles. The molecule has 6 aromatic rings. The highest BCUT2D eigenvalue weighted by Crippen LogP contribution is 2.29. The summed E-state index contributed by atoms with van der Waals surface area (Å²) in [5, 5.41) is 0. The van der Waals surface area contributed by atoms with Crippen molar-refractivity contribution in [2.75, 3.05) is 0 Å². The Balaban J connectivity index is 1.28. The van der Waals surface area contributed by atoms with Crippen LogP contribution in [0.1, 0.15) is 33.4 Å². The topological polar surface area (TPSA) is 51.6 Å². The van der Waals surface area contributed by atoms with E-state index in [0.717, 1.165) is 30.5 Å². The first-order chi connectivity index (χ1) is 19.3. The van der Waals surface area contributed by atoms with E-state index in [0.29, 0.717) is 0 Å². The van der Waals surface area contributed by atoms with Crippen molar-refractivity contribution in [3.63, 3.8) is 0 Å². The zero-order valence-electron chi connectivity index (χ0n) is 21.6. The number of aromatic nitrogens is 4. The normalized spacial score (nSPS) is 10.9. The third-order valence-electron chi connectivity index (χ3n) is 6.94.